The summed E-state index contributed by atoms with van der Waals surface area (Å²) in [5, 5.41) is 8.00. The molecule has 6 heteroatoms. The van der Waals surface area contributed by atoms with E-state index in [2.05, 4.69) is 34.6 Å². The molecule has 2 aromatic carbocycles. The van der Waals surface area contributed by atoms with Gasteiger partial charge in [0, 0.05) is 34.8 Å². The van der Waals surface area contributed by atoms with Gasteiger partial charge in [0.25, 0.3) is 5.91 Å². The lowest BCUT2D eigenvalue weighted by Gasteiger charge is -2.25. The Morgan fingerprint density at radius 3 is 2.74 bits per heavy atom. The third-order valence-corrected chi connectivity index (χ3v) is 6.52. The van der Waals surface area contributed by atoms with E-state index in [9.17, 15) is 4.79 Å². The standard InChI is InChI=1S/C25H22N4OS/c30-25(27-22-12-14-31-23-11-5-4-10-20(22)23)21-17-29(16-18-7-2-1-3-8-18)28-24(21)19-9-6-13-26-15-19/h1-11,13,15,17,22H,12,14,16H2,(H,27,30). The van der Waals surface area contributed by atoms with Crippen LogP contribution in [-0.2, 0) is 6.54 Å². The maximum absolute atomic E-state index is 13.4. The van der Waals surface area contributed by atoms with Crippen LogP contribution in [-0.4, -0.2) is 26.4 Å². The SMILES string of the molecule is O=C(NC1CCSc2ccccc21)c1cn(Cc2ccccc2)nc1-c1cccnc1. The first-order chi connectivity index (χ1) is 15.3. The fourth-order valence-electron chi connectivity index (χ4n) is 3.88. The summed E-state index contributed by atoms with van der Waals surface area (Å²) in [5.41, 5.74) is 4.37. The highest BCUT2D eigenvalue weighted by Crippen LogP contribution is 2.36. The van der Waals surface area contributed by atoms with Gasteiger partial charge in [0.05, 0.1) is 18.2 Å². The minimum absolute atomic E-state index is 0.00386. The quantitative estimate of drug-likeness (QED) is 0.490. The van der Waals surface area contributed by atoms with Crippen LogP contribution in [0.4, 0.5) is 0 Å². The fraction of sp³-hybridized carbons (Fsp3) is 0.160. The van der Waals surface area contributed by atoms with E-state index in [1.54, 1.807) is 12.4 Å². The Hall–Kier alpha value is -3.38. The van der Waals surface area contributed by atoms with Crippen molar-refractivity contribution in [1.29, 1.82) is 0 Å². The van der Waals surface area contributed by atoms with Crippen molar-refractivity contribution in [2.75, 3.05) is 5.75 Å². The number of fused-ring (bicyclic) bond motifs is 1. The summed E-state index contributed by atoms with van der Waals surface area (Å²) in [5.74, 6) is 0.884. The second-order valence-electron chi connectivity index (χ2n) is 7.52. The van der Waals surface area contributed by atoms with E-state index in [0.29, 0.717) is 17.8 Å². The molecule has 0 spiro atoms. The van der Waals surface area contributed by atoms with Crippen LogP contribution in [0.5, 0.6) is 0 Å². The molecule has 1 aliphatic rings. The van der Waals surface area contributed by atoms with Crippen LogP contribution in [0.3, 0.4) is 0 Å². The number of pyridine rings is 1. The number of nitrogens with one attached hydrogen (secondary N) is 1. The molecule has 0 saturated heterocycles. The molecule has 1 unspecified atom stereocenters. The van der Waals surface area contributed by atoms with E-state index in [-0.39, 0.29) is 11.9 Å². The summed E-state index contributed by atoms with van der Waals surface area (Å²) >= 11 is 1.84. The van der Waals surface area contributed by atoms with Gasteiger partial charge in [-0.2, -0.15) is 5.10 Å². The van der Waals surface area contributed by atoms with Gasteiger partial charge >= 0.3 is 0 Å². The van der Waals surface area contributed by atoms with Gasteiger partial charge in [0.15, 0.2) is 0 Å². The maximum atomic E-state index is 13.4. The molecule has 31 heavy (non-hydrogen) atoms. The molecule has 0 bridgehead atoms. The molecule has 0 aliphatic carbocycles. The summed E-state index contributed by atoms with van der Waals surface area (Å²) in [6.07, 6.45) is 6.22. The number of carbonyl (C=O) groups excluding carboxylic acids is 1. The van der Waals surface area contributed by atoms with Crippen LogP contribution < -0.4 is 5.32 Å². The smallest absolute Gasteiger partial charge is 0.255 e. The average Bonchev–Trinajstić information content (AvgIpc) is 3.24. The summed E-state index contributed by atoms with van der Waals surface area (Å²) in [6.45, 7) is 0.601. The summed E-state index contributed by atoms with van der Waals surface area (Å²) in [4.78, 5) is 18.8. The lowest BCUT2D eigenvalue weighted by atomic mass is 10.0. The Kier molecular flexibility index (Phi) is 5.54. The first-order valence-corrected chi connectivity index (χ1v) is 11.3. The number of hydrogen-bond donors (Lipinski definition) is 1. The van der Waals surface area contributed by atoms with Crippen LogP contribution in [0.15, 0.2) is 90.2 Å². The molecule has 2 aromatic heterocycles. The number of benzene rings is 2. The predicted molar refractivity (Wildman–Crippen MR) is 123 cm³/mol. The van der Waals surface area contributed by atoms with E-state index in [4.69, 9.17) is 5.10 Å². The molecular weight excluding hydrogens is 404 g/mol. The lowest BCUT2D eigenvalue weighted by Crippen LogP contribution is -2.30. The van der Waals surface area contributed by atoms with Crippen molar-refractivity contribution in [1.82, 2.24) is 20.1 Å². The second-order valence-corrected chi connectivity index (χ2v) is 8.65. The van der Waals surface area contributed by atoms with Crippen LogP contribution in [0.25, 0.3) is 11.3 Å². The average molecular weight is 427 g/mol. The van der Waals surface area contributed by atoms with Gasteiger partial charge in [0.2, 0.25) is 0 Å². The second kappa shape index (κ2) is 8.78. The lowest BCUT2D eigenvalue weighted by molar-refractivity contribution is 0.0935. The molecule has 0 fully saturated rings. The monoisotopic (exact) mass is 426 g/mol. The number of hydrogen-bond acceptors (Lipinski definition) is 4. The predicted octanol–water partition coefficient (Wildman–Crippen LogP) is 4.96. The van der Waals surface area contributed by atoms with E-state index >= 15 is 0 Å². The van der Waals surface area contributed by atoms with Crippen molar-refractivity contribution >= 4 is 17.7 Å². The fourth-order valence-corrected chi connectivity index (χ4v) is 5.01. The Morgan fingerprint density at radius 1 is 1.06 bits per heavy atom. The van der Waals surface area contributed by atoms with Gasteiger partial charge in [-0.3, -0.25) is 14.5 Å². The third-order valence-electron chi connectivity index (χ3n) is 5.39. The van der Waals surface area contributed by atoms with Gasteiger partial charge in [-0.1, -0.05) is 48.5 Å². The number of nitrogens with zero attached hydrogens (tertiary/aromatic N) is 3. The minimum atomic E-state index is -0.107. The largest absolute Gasteiger partial charge is 0.345 e. The molecular formula is C25H22N4OS. The zero-order valence-electron chi connectivity index (χ0n) is 16.9. The normalized spacial score (nSPS) is 15.3. The zero-order chi connectivity index (χ0) is 21.0. The number of amides is 1. The molecule has 1 amide bonds. The molecule has 4 aromatic rings. The van der Waals surface area contributed by atoms with E-state index < -0.39 is 0 Å². The van der Waals surface area contributed by atoms with Crippen molar-refractivity contribution in [2.45, 2.75) is 23.9 Å². The van der Waals surface area contributed by atoms with Crippen LogP contribution in [0.2, 0.25) is 0 Å². The van der Waals surface area contributed by atoms with Crippen LogP contribution in [0.1, 0.15) is 33.9 Å². The molecule has 1 N–H and O–H groups in total. The number of aromatic nitrogens is 3. The van der Waals surface area contributed by atoms with Gasteiger partial charge in [-0.05, 0) is 35.7 Å². The molecule has 1 aliphatic heterocycles. The highest BCUT2D eigenvalue weighted by atomic mass is 32.2. The molecule has 0 saturated carbocycles. The van der Waals surface area contributed by atoms with E-state index in [1.165, 1.54) is 10.5 Å². The summed E-state index contributed by atoms with van der Waals surface area (Å²) < 4.78 is 1.83. The van der Waals surface area contributed by atoms with Crippen LogP contribution in [0, 0.1) is 0 Å². The van der Waals surface area contributed by atoms with Crippen molar-refractivity contribution in [3.8, 4) is 11.3 Å². The third kappa shape index (κ3) is 4.25. The maximum Gasteiger partial charge on any atom is 0.255 e. The number of rotatable bonds is 5. The van der Waals surface area contributed by atoms with Crippen molar-refractivity contribution < 1.29 is 4.79 Å². The minimum Gasteiger partial charge on any atom is -0.345 e. The molecule has 5 nitrogen and oxygen atoms in total. The molecule has 0 radical (unpaired) electrons. The van der Waals surface area contributed by atoms with Crippen molar-refractivity contribution in [2.24, 2.45) is 0 Å². The number of thioether (sulfide) groups is 1. The molecule has 1 atom stereocenters. The Labute approximate surface area is 185 Å². The topological polar surface area (TPSA) is 59.8 Å². The highest BCUT2D eigenvalue weighted by Gasteiger charge is 2.25. The first-order valence-electron chi connectivity index (χ1n) is 10.3. The van der Waals surface area contributed by atoms with Gasteiger partial charge in [-0.15, -0.1) is 11.8 Å². The highest BCUT2D eigenvalue weighted by molar-refractivity contribution is 7.99. The van der Waals surface area contributed by atoms with Gasteiger partial charge in [0.1, 0.15) is 5.69 Å². The van der Waals surface area contributed by atoms with E-state index in [1.807, 2.05) is 65.1 Å². The zero-order valence-corrected chi connectivity index (χ0v) is 17.8. The first kappa shape index (κ1) is 19.6. The van der Waals surface area contributed by atoms with Gasteiger partial charge in [-0.25, -0.2) is 0 Å². The molecule has 3 heterocycles. The number of carbonyl (C=O) groups is 1. The van der Waals surface area contributed by atoms with Crippen molar-refractivity contribution in [3.63, 3.8) is 0 Å². The Morgan fingerprint density at radius 2 is 1.90 bits per heavy atom. The molecule has 5 rings (SSSR count). The molecule has 154 valence electrons. The van der Waals surface area contributed by atoms with Crippen LogP contribution >= 0.6 is 11.8 Å². The van der Waals surface area contributed by atoms with E-state index in [0.717, 1.165) is 23.3 Å². The van der Waals surface area contributed by atoms with Gasteiger partial charge < -0.3 is 5.32 Å². The summed E-state index contributed by atoms with van der Waals surface area (Å²) in [7, 11) is 0. The van der Waals surface area contributed by atoms with Crippen molar-refractivity contribution in [3.05, 3.63) is 102 Å². The Balaban J connectivity index is 1.47. The summed E-state index contributed by atoms with van der Waals surface area (Å²) in [6, 6.07) is 22.2. The Bertz CT molecular complexity index is 1190.